The highest BCUT2D eigenvalue weighted by Crippen LogP contribution is 2.48. The summed E-state index contributed by atoms with van der Waals surface area (Å²) < 4.78 is 38.8. The lowest BCUT2D eigenvalue weighted by atomic mass is 9.88. The second-order valence-electron chi connectivity index (χ2n) is 9.50. The maximum Gasteiger partial charge on any atom is 0.312 e. The van der Waals surface area contributed by atoms with Gasteiger partial charge in [0.15, 0.2) is 0 Å². The van der Waals surface area contributed by atoms with Gasteiger partial charge in [0.25, 0.3) is 0 Å². The minimum Gasteiger partial charge on any atom is -0.460 e. The molecule has 166 valence electrons. The maximum atomic E-state index is 14.9. The molecule has 6 nitrogen and oxygen atoms in total. The predicted octanol–water partition coefficient (Wildman–Crippen LogP) is 4.79. The van der Waals surface area contributed by atoms with Gasteiger partial charge in [0, 0.05) is 12.3 Å². The van der Waals surface area contributed by atoms with Crippen molar-refractivity contribution in [1.82, 2.24) is 4.98 Å². The van der Waals surface area contributed by atoms with Gasteiger partial charge in [0.2, 0.25) is 0 Å². The third kappa shape index (κ3) is 3.95. The molecule has 0 bridgehead atoms. The van der Waals surface area contributed by atoms with Crippen LogP contribution in [0.1, 0.15) is 66.5 Å². The van der Waals surface area contributed by atoms with Crippen LogP contribution in [0.4, 0.5) is 4.39 Å². The number of hydrogen-bond acceptors (Lipinski definition) is 6. The Morgan fingerprint density at radius 2 is 2.00 bits per heavy atom. The van der Waals surface area contributed by atoms with Crippen molar-refractivity contribution in [2.24, 2.45) is 9.36 Å². The van der Waals surface area contributed by atoms with Crippen molar-refractivity contribution in [1.29, 1.82) is 0 Å². The number of esters is 1. The molecule has 9 heteroatoms. The lowest BCUT2D eigenvalue weighted by Gasteiger charge is -2.48. The highest BCUT2D eigenvalue weighted by atomic mass is 79.9. The molecule has 0 aromatic carbocycles. The Morgan fingerprint density at radius 1 is 1.33 bits per heavy atom. The van der Waals surface area contributed by atoms with Gasteiger partial charge in [-0.2, -0.15) is 0 Å². The fourth-order valence-electron chi connectivity index (χ4n) is 4.24. The van der Waals surface area contributed by atoms with E-state index in [0.29, 0.717) is 23.3 Å². The molecule has 0 aliphatic carbocycles. The van der Waals surface area contributed by atoms with E-state index in [0.717, 1.165) is 6.42 Å². The minimum atomic E-state index is -2.87. The molecule has 2 aliphatic rings. The Morgan fingerprint density at radius 3 is 2.63 bits per heavy atom. The van der Waals surface area contributed by atoms with Crippen LogP contribution in [0.2, 0.25) is 0 Å². The number of aromatic nitrogens is 1. The number of carbonyl (C=O) groups excluding carboxylic acids is 1. The molecule has 0 N–H and O–H groups in total. The SMILES string of the molecule is CC(C)(C)OC(=O)CC1=N[C@](C)(c2nc(Br)ccc2F)[C@H]2CCCN=[S@@]2(=O)C1(C)C. The molecule has 0 radical (unpaired) electrons. The highest BCUT2D eigenvalue weighted by molar-refractivity contribution is 9.10. The molecule has 0 fully saturated rings. The Hall–Kier alpha value is -1.35. The molecule has 3 atom stereocenters. The second-order valence-corrected chi connectivity index (χ2v) is 13.3. The molecular weight excluding hydrogens is 473 g/mol. The zero-order valence-electron chi connectivity index (χ0n) is 18.3. The van der Waals surface area contributed by atoms with Gasteiger partial charge in [-0.3, -0.25) is 9.79 Å². The van der Waals surface area contributed by atoms with E-state index in [-0.39, 0.29) is 12.1 Å². The first-order chi connectivity index (χ1) is 13.7. The van der Waals surface area contributed by atoms with Crippen LogP contribution in [0.5, 0.6) is 0 Å². The van der Waals surface area contributed by atoms with Crippen LogP contribution in [0.15, 0.2) is 26.1 Å². The number of hydrogen-bond donors (Lipinski definition) is 0. The van der Waals surface area contributed by atoms with Crippen molar-refractivity contribution in [3.05, 3.63) is 28.2 Å². The number of carbonyl (C=O) groups is 1. The van der Waals surface area contributed by atoms with Crippen LogP contribution in [-0.4, -0.2) is 43.0 Å². The van der Waals surface area contributed by atoms with Crippen molar-refractivity contribution in [3.63, 3.8) is 0 Å². The summed E-state index contributed by atoms with van der Waals surface area (Å²) in [5, 5.41) is -0.507. The van der Waals surface area contributed by atoms with Gasteiger partial charge in [0.05, 0.1) is 26.1 Å². The van der Waals surface area contributed by atoms with Gasteiger partial charge in [-0.15, -0.1) is 0 Å². The Bertz CT molecular complexity index is 1020. The van der Waals surface area contributed by atoms with E-state index >= 15 is 0 Å². The zero-order valence-corrected chi connectivity index (χ0v) is 20.7. The monoisotopic (exact) mass is 501 g/mol. The molecule has 30 heavy (non-hydrogen) atoms. The first kappa shape index (κ1) is 23.3. The number of ether oxygens (including phenoxy) is 1. The third-order valence-corrected chi connectivity index (χ3v) is 9.91. The molecule has 3 heterocycles. The fraction of sp³-hybridized carbons (Fsp3) is 0.667. The molecule has 0 unspecified atom stereocenters. The highest BCUT2D eigenvalue weighted by Gasteiger charge is 2.57. The second kappa shape index (κ2) is 7.65. The van der Waals surface area contributed by atoms with E-state index < -0.39 is 42.7 Å². The lowest BCUT2D eigenvalue weighted by molar-refractivity contribution is -0.153. The molecule has 3 rings (SSSR count). The fourth-order valence-corrected chi connectivity index (χ4v) is 7.89. The first-order valence-electron chi connectivity index (χ1n) is 10.1. The topological polar surface area (TPSA) is 81.0 Å². The van der Waals surface area contributed by atoms with Crippen molar-refractivity contribution in [2.45, 2.75) is 81.9 Å². The molecule has 0 amide bonds. The van der Waals surface area contributed by atoms with Crippen molar-refractivity contribution in [2.75, 3.05) is 6.54 Å². The third-order valence-electron chi connectivity index (χ3n) is 5.74. The van der Waals surface area contributed by atoms with E-state index in [9.17, 15) is 13.4 Å². The first-order valence-corrected chi connectivity index (χ1v) is 12.4. The summed E-state index contributed by atoms with van der Waals surface area (Å²) in [7, 11) is -2.87. The molecular formula is C21H29BrFN3O3S. The largest absolute Gasteiger partial charge is 0.460 e. The average molecular weight is 502 g/mol. The van der Waals surface area contributed by atoms with Crippen LogP contribution in [-0.2, 0) is 24.8 Å². The number of rotatable bonds is 3. The quantitative estimate of drug-likeness (QED) is 0.440. The van der Waals surface area contributed by atoms with E-state index in [1.165, 1.54) is 12.1 Å². The number of nitrogens with zero attached hydrogens (tertiary/aromatic N) is 3. The van der Waals surface area contributed by atoms with Crippen LogP contribution in [0.25, 0.3) is 0 Å². The maximum absolute atomic E-state index is 14.9. The molecule has 0 saturated heterocycles. The van der Waals surface area contributed by atoms with Gasteiger partial charge in [0.1, 0.15) is 27.3 Å². The summed E-state index contributed by atoms with van der Waals surface area (Å²) in [6.07, 6.45) is 1.22. The van der Waals surface area contributed by atoms with Crippen molar-refractivity contribution in [3.8, 4) is 0 Å². The summed E-state index contributed by atoms with van der Waals surface area (Å²) in [6.45, 7) is 11.2. The lowest BCUT2D eigenvalue weighted by Crippen LogP contribution is -2.59. The van der Waals surface area contributed by atoms with Gasteiger partial charge in [-0.05, 0) is 82.4 Å². The average Bonchev–Trinajstić information content (AvgIpc) is 2.60. The number of halogens is 2. The van der Waals surface area contributed by atoms with E-state index in [4.69, 9.17) is 9.73 Å². The van der Waals surface area contributed by atoms with Crippen LogP contribution in [0, 0.1) is 5.82 Å². The number of fused-ring (bicyclic) bond motifs is 1. The molecule has 2 aliphatic heterocycles. The number of aliphatic imine (C=N–C) groups is 1. The van der Waals surface area contributed by atoms with Crippen molar-refractivity contribution >= 4 is 37.3 Å². The summed E-state index contributed by atoms with van der Waals surface area (Å²) >= 11 is 3.30. The predicted molar refractivity (Wildman–Crippen MR) is 120 cm³/mol. The summed E-state index contributed by atoms with van der Waals surface area (Å²) in [4.78, 5) is 21.9. The standard InChI is InChI=1S/C21H29BrFN3O3S/c1-19(2,3)29-17(27)12-14-20(4,5)30(28)15(8-7-11-24-30)21(6,26-14)18-13(23)9-10-16(22)25-18/h9-10,15H,7-8,11-12H2,1-6H3/t15-,21+,30+/m1/s1. The van der Waals surface area contributed by atoms with Crippen LogP contribution >= 0.6 is 15.9 Å². The van der Waals surface area contributed by atoms with Gasteiger partial charge in [-0.25, -0.2) is 17.9 Å². The summed E-state index contributed by atoms with van der Waals surface area (Å²) in [6, 6.07) is 2.84. The summed E-state index contributed by atoms with van der Waals surface area (Å²) in [5.41, 5.74) is -1.34. The number of pyridine rings is 1. The Balaban J connectivity index is 2.22. The molecule has 0 saturated carbocycles. The summed E-state index contributed by atoms with van der Waals surface area (Å²) in [5.74, 6) is -0.982. The van der Waals surface area contributed by atoms with Crippen LogP contribution in [0.3, 0.4) is 0 Å². The normalized spacial score (nSPS) is 30.7. The van der Waals surface area contributed by atoms with Gasteiger partial charge < -0.3 is 4.74 Å². The van der Waals surface area contributed by atoms with E-state index in [2.05, 4.69) is 25.3 Å². The van der Waals surface area contributed by atoms with E-state index in [1.54, 1.807) is 27.7 Å². The van der Waals surface area contributed by atoms with Crippen LogP contribution < -0.4 is 0 Å². The van der Waals surface area contributed by atoms with E-state index in [1.807, 2.05) is 13.8 Å². The Labute approximate surface area is 186 Å². The van der Waals surface area contributed by atoms with Gasteiger partial charge in [-0.1, -0.05) is 0 Å². The zero-order chi connectivity index (χ0) is 22.5. The molecule has 1 aromatic rings. The van der Waals surface area contributed by atoms with Crippen molar-refractivity contribution < 1.29 is 18.1 Å². The molecule has 1 aromatic heterocycles. The van der Waals surface area contributed by atoms with Gasteiger partial charge >= 0.3 is 5.97 Å². The minimum absolute atomic E-state index is 0.115. The Kier molecular flexibility index (Phi) is 5.95. The smallest absolute Gasteiger partial charge is 0.312 e. The molecule has 0 spiro atoms.